The number of rotatable bonds is 5. The molecule has 0 bridgehead atoms. The zero-order chi connectivity index (χ0) is 31.8. The number of hydrogen-bond acceptors (Lipinski definition) is 4. The first-order chi connectivity index (χ1) is 19.9. The van der Waals surface area contributed by atoms with Crippen LogP contribution in [0.4, 0.5) is 4.79 Å². The number of hydrogen-bond donors (Lipinski definition) is 4. The second kappa shape index (κ2) is 10.3. The smallest absolute Gasteiger partial charge is 0.314 e. The molecule has 0 aliphatic heterocycles. The molecule has 5 aliphatic rings. The summed E-state index contributed by atoms with van der Waals surface area (Å²) in [6, 6.07) is -0.187. The van der Waals surface area contributed by atoms with Crippen LogP contribution in [0.3, 0.4) is 0 Å². The standard InChI is InChI=1S/C35H55N3O5/c1-30(2)24-11-14-35(7)28(33(24,5)13-12-25(30)37-26(40)9-10-27(41)42)23(39)19-21-22-20-32(4,38-29(43)36-8)17-15-31(22,3)16-18-34(21,35)6/h19,22,24-25,28H,9-18,20H2,1-8H3,(H,37,40)(H,41,42)(H2,36,38,43)/t22-,24-,25-,28+,31+,32-,33-,34+,35+/m0/s1. The molecule has 5 aliphatic carbocycles. The molecular formula is C35H55N3O5. The molecule has 0 saturated heterocycles. The van der Waals surface area contributed by atoms with Crippen LogP contribution in [-0.2, 0) is 14.4 Å². The van der Waals surface area contributed by atoms with Crippen LogP contribution in [0.5, 0.6) is 0 Å². The number of nitrogens with one attached hydrogen (secondary N) is 3. The zero-order valence-corrected chi connectivity index (χ0v) is 27.7. The van der Waals surface area contributed by atoms with Gasteiger partial charge in [0, 0.05) is 31.0 Å². The van der Waals surface area contributed by atoms with E-state index >= 15 is 0 Å². The molecule has 4 saturated carbocycles. The van der Waals surface area contributed by atoms with E-state index in [0.29, 0.717) is 0 Å². The van der Waals surface area contributed by atoms with E-state index in [1.165, 1.54) is 5.57 Å². The maximum Gasteiger partial charge on any atom is 0.314 e. The maximum atomic E-state index is 14.6. The van der Waals surface area contributed by atoms with Gasteiger partial charge in [-0.15, -0.1) is 0 Å². The van der Waals surface area contributed by atoms with Crippen LogP contribution >= 0.6 is 0 Å². The van der Waals surface area contributed by atoms with Gasteiger partial charge in [0.15, 0.2) is 5.78 Å². The van der Waals surface area contributed by atoms with E-state index in [2.05, 4.69) is 70.5 Å². The molecule has 8 heteroatoms. The normalized spacial score (nSPS) is 44.8. The van der Waals surface area contributed by atoms with Gasteiger partial charge < -0.3 is 21.1 Å². The molecule has 0 aromatic rings. The Morgan fingerprint density at radius 2 is 1.58 bits per heavy atom. The van der Waals surface area contributed by atoms with Crippen molar-refractivity contribution < 1.29 is 24.3 Å². The number of carbonyl (C=O) groups is 4. The number of allylic oxidation sites excluding steroid dienone is 2. The summed E-state index contributed by atoms with van der Waals surface area (Å²) in [5, 5.41) is 18.2. The van der Waals surface area contributed by atoms with Gasteiger partial charge in [0.25, 0.3) is 0 Å². The summed E-state index contributed by atoms with van der Waals surface area (Å²) >= 11 is 0. The van der Waals surface area contributed by atoms with Crippen LogP contribution in [0.1, 0.15) is 119 Å². The van der Waals surface area contributed by atoms with Crippen molar-refractivity contribution in [3.8, 4) is 0 Å². The molecule has 4 N–H and O–H groups in total. The van der Waals surface area contributed by atoms with Crippen molar-refractivity contribution in [1.29, 1.82) is 0 Å². The summed E-state index contributed by atoms with van der Waals surface area (Å²) in [5.74, 6) is -0.450. The first-order valence-corrected chi connectivity index (χ1v) is 16.6. The van der Waals surface area contributed by atoms with Crippen molar-refractivity contribution in [3.63, 3.8) is 0 Å². The Morgan fingerprint density at radius 1 is 0.907 bits per heavy atom. The Morgan fingerprint density at radius 3 is 2.23 bits per heavy atom. The molecule has 0 aromatic carbocycles. The minimum atomic E-state index is -0.961. The molecule has 0 spiro atoms. The van der Waals surface area contributed by atoms with Crippen molar-refractivity contribution in [2.45, 2.75) is 131 Å². The molecule has 0 radical (unpaired) electrons. The third-order valence-electron chi connectivity index (χ3n) is 14.2. The molecule has 3 amide bonds. The molecule has 4 fully saturated rings. The van der Waals surface area contributed by atoms with E-state index < -0.39 is 5.97 Å². The summed E-state index contributed by atoms with van der Waals surface area (Å²) in [4.78, 5) is 50.7. The largest absolute Gasteiger partial charge is 0.481 e. The van der Waals surface area contributed by atoms with Gasteiger partial charge >= 0.3 is 12.0 Å². The van der Waals surface area contributed by atoms with Gasteiger partial charge in [-0.1, -0.05) is 47.1 Å². The van der Waals surface area contributed by atoms with Crippen molar-refractivity contribution >= 4 is 23.7 Å². The summed E-state index contributed by atoms with van der Waals surface area (Å²) in [6.45, 7) is 16.3. The molecule has 8 nitrogen and oxygen atoms in total. The Labute approximate surface area is 258 Å². The number of carboxylic acids is 1. The molecule has 0 aromatic heterocycles. The zero-order valence-electron chi connectivity index (χ0n) is 27.7. The number of urea groups is 1. The van der Waals surface area contributed by atoms with Gasteiger partial charge in [0.05, 0.1) is 6.42 Å². The average molecular weight is 598 g/mol. The van der Waals surface area contributed by atoms with E-state index in [9.17, 15) is 19.2 Å². The minimum absolute atomic E-state index is 0.00722. The molecule has 240 valence electrons. The van der Waals surface area contributed by atoms with Crippen LogP contribution in [-0.4, -0.2) is 47.4 Å². The van der Waals surface area contributed by atoms with Crippen molar-refractivity contribution in [1.82, 2.24) is 16.0 Å². The third kappa shape index (κ3) is 4.84. The predicted octanol–water partition coefficient (Wildman–Crippen LogP) is 6.00. The van der Waals surface area contributed by atoms with Gasteiger partial charge in [0.2, 0.25) is 5.91 Å². The fourth-order valence-corrected chi connectivity index (χ4v) is 11.4. The quantitative estimate of drug-likeness (QED) is 0.310. The lowest BCUT2D eigenvalue weighted by molar-refractivity contribution is -0.189. The monoisotopic (exact) mass is 597 g/mol. The minimum Gasteiger partial charge on any atom is -0.481 e. The first kappa shape index (κ1) is 32.0. The van der Waals surface area contributed by atoms with Gasteiger partial charge in [-0.2, -0.15) is 0 Å². The van der Waals surface area contributed by atoms with Gasteiger partial charge in [-0.25, -0.2) is 4.79 Å². The fraction of sp³-hybridized carbons (Fsp3) is 0.829. The maximum absolute atomic E-state index is 14.6. The molecule has 43 heavy (non-hydrogen) atoms. The van der Waals surface area contributed by atoms with Crippen molar-refractivity contribution in [3.05, 3.63) is 11.6 Å². The van der Waals surface area contributed by atoms with Crippen LogP contribution in [0.2, 0.25) is 0 Å². The number of ketones is 1. The van der Waals surface area contributed by atoms with Crippen LogP contribution in [0.15, 0.2) is 11.6 Å². The number of carbonyl (C=O) groups excluding carboxylic acids is 3. The number of amides is 3. The highest BCUT2D eigenvalue weighted by molar-refractivity contribution is 5.95. The highest BCUT2D eigenvalue weighted by Crippen LogP contribution is 2.74. The first-order valence-electron chi connectivity index (χ1n) is 16.6. The lowest BCUT2D eigenvalue weighted by atomic mass is 9.33. The highest BCUT2D eigenvalue weighted by Gasteiger charge is 2.70. The van der Waals surface area contributed by atoms with E-state index in [1.54, 1.807) is 7.05 Å². The summed E-state index contributed by atoms with van der Waals surface area (Å²) in [7, 11) is 1.66. The Bertz CT molecular complexity index is 1240. The second-order valence-corrected chi connectivity index (χ2v) is 16.8. The van der Waals surface area contributed by atoms with Gasteiger partial charge in [-0.05, 0) is 110 Å². The van der Waals surface area contributed by atoms with Gasteiger partial charge in [-0.3, -0.25) is 14.4 Å². The number of fused-ring (bicyclic) bond motifs is 7. The molecule has 0 heterocycles. The molecular weight excluding hydrogens is 542 g/mol. The van der Waals surface area contributed by atoms with Gasteiger partial charge in [0.1, 0.15) is 0 Å². The van der Waals surface area contributed by atoms with E-state index in [4.69, 9.17) is 5.11 Å². The van der Waals surface area contributed by atoms with E-state index in [-0.39, 0.29) is 87.0 Å². The molecule has 5 rings (SSSR count). The average Bonchev–Trinajstić information content (AvgIpc) is 2.91. The topological polar surface area (TPSA) is 125 Å². The molecule has 9 atom stereocenters. The lowest BCUT2D eigenvalue weighted by Crippen LogP contribution is -2.68. The van der Waals surface area contributed by atoms with E-state index in [1.807, 2.05) is 0 Å². The number of aliphatic carboxylic acids is 1. The SMILES string of the molecule is CNC(=O)N[C@@]1(C)CC[C@]2(C)CC[C@]3(C)C(=CC(=O)[C@@H]4[C@@]5(C)CC[C@H](NC(=O)CCC(=O)O)C(C)(C)[C@@H]5CC[C@]43C)[C@@H]2C1. The third-order valence-corrected chi connectivity index (χ3v) is 14.2. The summed E-state index contributed by atoms with van der Waals surface area (Å²) in [6.07, 6.45) is 10.6. The number of carboxylic acid groups (broad SMARTS) is 1. The highest BCUT2D eigenvalue weighted by atomic mass is 16.4. The summed E-state index contributed by atoms with van der Waals surface area (Å²) in [5.41, 5.74) is 0.459. The summed E-state index contributed by atoms with van der Waals surface area (Å²) < 4.78 is 0. The van der Waals surface area contributed by atoms with Crippen LogP contribution < -0.4 is 16.0 Å². The van der Waals surface area contributed by atoms with Crippen molar-refractivity contribution in [2.24, 2.45) is 44.8 Å². The van der Waals surface area contributed by atoms with Crippen LogP contribution in [0, 0.1) is 44.8 Å². The Hall–Kier alpha value is -2.38. The second-order valence-electron chi connectivity index (χ2n) is 16.8. The Balaban J connectivity index is 1.47. The van der Waals surface area contributed by atoms with Crippen molar-refractivity contribution in [2.75, 3.05) is 7.05 Å². The molecule has 0 unspecified atom stereocenters. The lowest BCUT2D eigenvalue weighted by Gasteiger charge is -2.70. The predicted molar refractivity (Wildman–Crippen MR) is 166 cm³/mol. The van der Waals surface area contributed by atoms with E-state index in [0.717, 1.165) is 57.8 Å². The van der Waals surface area contributed by atoms with Crippen LogP contribution in [0.25, 0.3) is 0 Å². The Kier molecular flexibility index (Phi) is 7.70. The fourth-order valence-electron chi connectivity index (χ4n) is 11.4.